The van der Waals surface area contributed by atoms with Crippen LogP contribution in [0.4, 0.5) is 0 Å². The number of hydrogen-bond donors (Lipinski definition) is 0. The van der Waals surface area contributed by atoms with Crippen LogP contribution in [-0.2, 0) is 14.6 Å². The summed E-state index contributed by atoms with van der Waals surface area (Å²) in [6.45, 7) is 5.74. The molecule has 0 N–H and O–H groups in total. The second-order valence-electron chi connectivity index (χ2n) is 5.13. The van der Waals surface area contributed by atoms with Crippen LogP contribution in [0, 0.1) is 11.3 Å². The molecule has 0 bridgehead atoms. The summed E-state index contributed by atoms with van der Waals surface area (Å²) in [5.74, 6) is -0.110. The molecular formula is C9H15NO3S. The number of rotatable bonds is 1. The maximum atomic E-state index is 11.6. The van der Waals surface area contributed by atoms with E-state index < -0.39 is 9.84 Å². The Morgan fingerprint density at radius 1 is 1.29 bits per heavy atom. The van der Waals surface area contributed by atoms with Crippen molar-refractivity contribution in [1.29, 1.82) is 0 Å². The van der Waals surface area contributed by atoms with Crippen molar-refractivity contribution in [3.05, 3.63) is 0 Å². The zero-order chi connectivity index (χ0) is 10.6. The van der Waals surface area contributed by atoms with Gasteiger partial charge in [0.2, 0.25) is 5.91 Å². The van der Waals surface area contributed by atoms with Gasteiger partial charge in [-0.25, -0.2) is 8.42 Å². The summed E-state index contributed by atoms with van der Waals surface area (Å²) in [4.78, 5) is 13.4. The van der Waals surface area contributed by atoms with Gasteiger partial charge in [0.25, 0.3) is 0 Å². The summed E-state index contributed by atoms with van der Waals surface area (Å²) >= 11 is 0. The first-order chi connectivity index (χ1) is 6.29. The zero-order valence-electron chi connectivity index (χ0n) is 8.49. The summed E-state index contributed by atoms with van der Waals surface area (Å²) in [6, 6.07) is 0. The van der Waals surface area contributed by atoms with Crippen LogP contribution < -0.4 is 0 Å². The third kappa shape index (κ3) is 1.65. The lowest BCUT2D eigenvalue weighted by Crippen LogP contribution is -2.60. The van der Waals surface area contributed by atoms with Gasteiger partial charge in [0.1, 0.15) is 0 Å². The minimum atomic E-state index is -2.87. The highest BCUT2D eigenvalue weighted by Crippen LogP contribution is 2.32. The average molecular weight is 217 g/mol. The molecule has 80 valence electrons. The third-order valence-corrected chi connectivity index (χ3v) is 4.63. The second-order valence-corrected chi connectivity index (χ2v) is 7.29. The topological polar surface area (TPSA) is 54.5 Å². The Morgan fingerprint density at radius 2 is 1.79 bits per heavy atom. The number of sulfone groups is 1. The third-order valence-electron chi connectivity index (χ3n) is 2.81. The van der Waals surface area contributed by atoms with Crippen LogP contribution in [0.5, 0.6) is 0 Å². The van der Waals surface area contributed by atoms with Crippen LogP contribution in [-0.4, -0.2) is 43.8 Å². The summed E-state index contributed by atoms with van der Waals surface area (Å²) in [5.41, 5.74) is 0.221. The molecule has 2 aliphatic rings. The van der Waals surface area contributed by atoms with E-state index in [0.717, 1.165) is 13.1 Å². The van der Waals surface area contributed by atoms with E-state index in [1.54, 1.807) is 4.90 Å². The number of carbonyl (C=O) groups excluding carboxylic acids is 1. The quantitative estimate of drug-likeness (QED) is 0.616. The molecule has 0 aliphatic carbocycles. The van der Waals surface area contributed by atoms with E-state index in [-0.39, 0.29) is 28.7 Å². The Labute approximate surface area is 84.2 Å². The molecule has 4 nitrogen and oxygen atoms in total. The fourth-order valence-corrected chi connectivity index (χ4v) is 3.52. The van der Waals surface area contributed by atoms with Crippen LogP contribution in [0.3, 0.4) is 0 Å². The Morgan fingerprint density at radius 3 is 2.14 bits per heavy atom. The lowest BCUT2D eigenvalue weighted by atomic mass is 9.83. The fourth-order valence-electron chi connectivity index (χ4n) is 2.11. The molecule has 2 heterocycles. The Kier molecular flexibility index (Phi) is 1.93. The summed E-state index contributed by atoms with van der Waals surface area (Å²) < 4.78 is 21.8. The largest absolute Gasteiger partial charge is 0.341 e. The van der Waals surface area contributed by atoms with E-state index in [1.165, 1.54) is 0 Å². The SMILES string of the molecule is CC1(C)CN(C(=O)C2CS(=O)(=O)C2)C1. The first kappa shape index (κ1) is 9.96. The molecule has 2 rings (SSSR count). The molecule has 0 atom stereocenters. The molecule has 0 aromatic carbocycles. The van der Waals surface area contributed by atoms with Crippen molar-refractivity contribution in [2.24, 2.45) is 11.3 Å². The monoisotopic (exact) mass is 217 g/mol. The van der Waals surface area contributed by atoms with Gasteiger partial charge in [-0.1, -0.05) is 13.8 Å². The Bertz CT molecular complexity index is 352. The lowest BCUT2D eigenvalue weighted by Gasteiger charge is -2.47. The number of likely N-dealkylation sites (tertiary alicyclic amines) is 1. The average Bonchev–Trinajstić information content (AvgIpc) is 1.93. The van der Waals surface area contributed by atoms with Crippen molar-refractivity contribution in [2.45, 2.75) is 13.8 Å². The zero-order valence-corrected chi connectivity index (χ0v) is 9.30. The van der Waals surface area contributed by atoms with Crippen LogP contribution >= 0.6 is 0 Å². The first-order valence-electron chi connectivity index (χ1n) is 4.78. The maximum absolute atomic E-state index is 11.6. The normalized spacial score (nSPS) is 29.1. The highest BCUT2D eigenvalue weighted by Gasteiger charge is 2.45. The van der Waals surface area contributed by atoms with E-state index in [9.17, 15) is 13.2 Å². The Balaban J connectivity index is 1.88. The molecule has 2 aliphatic heterocycles. The lowest BCUT2D eigenvalue weighted by molar-refractivity contribution is -0.145. The molecule has 2 fully saturated rings. The standard InChI is InChI=1S/C9H15NO3S/c1-9(2)5-10(6-9)8(11)7-3-14(12,13)4-7/h7H,3-6H2,1-2H3. The Hall–Kier alpha value is -0.580. The molecule has 5 heteroatoms. The molecule has 0 unspecified atom stereocenters. The second kappa shape index (κ2) is 2.72. The van der Waals surface area contributed by atoms with Crippen LogP contribution in [0.15, 0.2) is 0 Å². The number of amides is 1. The van der Waals surface area contributed by atoms with E-state index in [0.29, 0.717) is 0 Å². The van der Waals surface area contributed by atoms with Gasteiger partial charge in [0.15, 0.2) is 9.84 Å². The molecule has 0 aromatic rings. The van der Waals surface area contributed by atoms with Gasteiger partial charge < -0.3 is 4.90 Å². The summed E-state index contributed by atoms with van der Waals surface area (Å²) in [6.07, 6.45) is 0. The van der Waals surface area contributed by atoms with Gasteiger partial charge in [0, 0.05) is 13.1 Å². The first-order valence-corrected chi connectivity index (χ1v) is 6.60. The van der Waals surface area contributed by atoms with Gasteiger partial charge in [-0.3, -0.25) is 4.79 Å². The fraction of sp³-hybridized carbons (Fsp3) is 0.889. The highest BCUT2D eigenvalue weighted by atomic mass is 32.2. The van der Waals surface area contributed by atoms with Gasteiger partial charge >= 0.3 is 0 Å². The van der Waals surface area contributed by atoms with Gasteiger partial charge in [0.05, 0.1) is 17.4 Å². The van der Waals surface area contributed by atoms with E-state index in [1.807, 2.05) is 0 Å². The van der Waals surface area contributed by atoms with E-state index >= 15 is 0 Å². The molecule has 0 aromatic heterocycles. The molecule has 2 saturated heterocycles. The molecule has 14 heavy (non-hydrogen) atoms. The maximum Gasteiger partial charge on any atom is 0.227 e. The number of hydrogen-bond acceptors (Lipinski definition) is 3. The minimum Gasteiger partial charge on any atom is -0.341 e. The van der Waals surface area contributed by atoms with E-state index in [4.69, 9.17) is 0 Å². The molecule has 1 amide bonds. The van der Waals surface area contributed by atoms with Crippen molar-refractivity contribution >= 4 is 15.7 Å². The smallest absolute Gasteiger partial charge is 0.227 e. The van der Waals surface area contributed by atoms with Crippen LogP contribution in [0.1, 0.15) is 13.8 Å². The number of nitrogens with zero attached hydrogens (tertiary/aromatic N) is 1. The van der Waals surface area contributed by atoms with Crippen molar-refractivity contribution in [2.75, 3.05) is 24.6 Å². The predicted octanol–water partition coefficient (Wildman–Crippen LogP) is -0.101. The number of carbonyl (C=O) groups is 1. The van der Waals surface area contributed by atoms with E-state index in [2.05, 4.69) is 13.8 Å². The van der Waals surface area contributed by atoms with Gasteiger partial charge in [-0.15, -0.1) is 0 Å². The van der Waals surface area contributed by atoms with Gasteiger partial charge in [-0.2, -0.15) is 0 Å². The summed E-state index contributed by atoms with van der Waals surface area (Å²) in [5, 5.41) is 0. The molecular weight excluding hydrogens is 202 g/mol. The van der Waals surface area contributed by atoms with Crippen molar-refractivity contribution in [1.82, 2.24) is 4.90 Å². The predicted molar refractivity (Wildman–Crippen MR) is 52.5 cm³/mol. The van der Waals surface area contributed by atoms with Crippen LogP contribution in [0.25, 0.3) is 0 Å². The van der Waals surface area contributed by atoms with Crippen molar-refractivity contribution < 1.29 is 13.2 Å². The van der Waals surface area contributed by atoms with Gasteiger partial charge in [-0.05, 0) is 5.41 Å². The van der Waals surface area contributed by atoms with Crippen molar-refractivity contribution in [3.8, 4) is 0 Å². The molecule has 0 radical (unpaired) electrons. The minimum absolute atomic E-state index is 0.0270. The molecule has 0 spiro atoms. The molecule has 0 saturated carbocycles. The van der Waals surface area contributed by atoms with Crippen molar-refractivity contribution in [3.63, 3.8) is 0 Å². The summed E-state index contributed by atoms with van der Waals surface area (Å²) in [7, 11) is -2.87. The highest BCUT2D eigenvalue weighted by molar-refractivity contribution is 7.92. The van der Waals surface area contributed by atoms with Crippen LogP contribution in [0.2, 0.25) is 0 Å².